The van der Waals surface area contributed by atoms with Gasteiger partial charge in [-0.05, 0) is 50.9 Å². The second kappa shape index (κ2) is 9.48. The standard InChI is InChI=1S/C22H23IN6O/c1-2-3-8-20-24-21(23)19(14-30)29(20)13-15-9-11-16(12-10-15)17-6-4-5-7-18(17)22-25-27-28-26-22/h4-7,9-12,30H,2-3,8,13-14H2,1H3,(H,25,26,27,28). The molecule has 0 unspecified atom stereocenters. The van der Waals surface area contributed by atoms with E-state index >= 15 is 0 Å². The van der Waals surface area contributed by atoms with Gasteiger partial charge in [0.2, 0.25) is 5.82 Å². The lowest BCUT2D eigenvalue weighted by Crippen LogP contribution is -2.09. The van der Waals surface area contributed by atoms with E-state index in [9.17, 15) is 5.11 Å². The molecule has 4 rings (SSSR count). The summed E-state index contributed by atoms with van der Waals surface area (Å²) in [6.07, 6.45) is 3.12. The smallest absolute Gasteiger partial charge is 0.205 e. The third-order valence-electron chi connectivity index (χ3n) is 5.13. The van der Waals surface area contributed by atoms with Gasteiger partial charge in [0.25, 0.3) is 0 Å². The summed E-state index contributed by atoms with van der Waals surface area (Å²) in [4.78, 5) is 4.69. The summed E-state index contributed by atoms with van der Waals surface area (Å²) in [5.74, 6) is 1.62. The first-order chi connectivity index (χ1) is 14.7. The Morgan fingerprint density at radius 1 is 1.07 bits per heavy atom. The molecule has 8 heteroatoms. The molecule has 2 heterocycles. The number of unbranched alkanes of at least 4 members (excludes halogenated alkanes) is 1. The van der Waals surface area contributed by atoms with Crippen molar-refractivity contribution in [3.05, 3.63) is 69.3 Å². The van der Waals surface area contributed by atoms with E-state index in [4.69, 9.17) is 0 Å². The predicted molar refractivity (Wildman–Crippen MR) is 124 cm³/mol. The number of nitrogens with one attached hydrogen (secondary N) is 1. The van der Waals surface area contributed by atoms with E-state index in [1.807, 2.05) is 18.2 Å². The Bertz CT molecular complexity index is 1110. The average Bonchev–Trinajstić information content (AvgIpc) is 3.41. The molecule has 0 spiro atoms. The molecule has 30 heavy (non-hydrogen) atoms. The van der Waals surface area contributed by atoms with Gasteiger partial charge >= 0.3 is 0 Å². The third-order valence-corrected chi connectivity index (χ3v) is 5.99. The van der Waals surface area contributed by atoms with Crippen LogP contribution in [0.5, 0.6) is 0 Å². The lowest BCUT2D eigenvalue weighted by Gasteiger charge is -2.12. The molecule has 0 bridgehead atoms. The fourth-order valence-corrected chi connectivity index (χ4v) is 4.29. The van der Waals surface area contributed by atoms with Crippen LogP contribution in [0.2, 0.25) is 0 Å². The SMILES string of the molecule is CCCCc1nc(I)c(CO)n1Cc1ccc(-c2ccccc2-c2nn[nH]n2)cc1. The summed E-state index contributed by atoms with van der Waals surface area (Å²) >= 11 is 2.21. The van der Waals surface area contributed by atoms with Gasteiger partial charge in [-0.1, -0.05) is 61.9 Å². The highest BCUT2D eigenvalue weighted by molar-refractivity contribution is 14.1. The lowest BCUT2D eigenvalue weighted by molar-refractivity contribution is 0.270. The summed E-state index contributed by atoms with van der Waals surface area (Å²) in [5.41, 5.74) is 5.13. The maximum atomic E-state index is 9.84. The van der Waals surface area contributed by atoms with Gasteiger partial charge in [0.1, 0.15) is 9.53 Å². The number of aliphatic hydroxyl groups is 1. The van der Waals surface area contributed by atoms with Crippen molar-refractivity contribution in [2.24, 2.45) is 0 Å². The van der Waals surface area contributed by atoms with Crippen LogP contribution in [0.1, 0.15) is 36.8 Å². The molecule has 0 aliphatic carbocycles. The highest BCUT2D eigenvalue weighted by Crippen LogP contribution is 2.30. The maximum Gasteiger partial charge on any atom is 0.205 e. The Hall–Kier alpha value is -2.59. The fraction of sp³-hybridized carbons (Fsp3) is 0.273. The minimum absolute atomic E-state index is 0.00639. The van der Waals surface area contributed by atoms with Crippen molar-refractivity contribution in [3.63, 3.8) is 0 Å². The molecule has 2 aromatic heterocycles. The van der Waals surface area contributed by atoms with E-state index in [0.717, 1.165) is 56.7 Å². The molecule has 0 aliphatic heterocycles. The Labute approximate surface area is 188 Å². The Kier molecular flexibility index (Phi) is 6.53. The van der Waals surface area contributed by atoms with Gasteiger partial charge in [0, 0.05) is 18.5 Å². The van der Waals surface area contributed by atoms with Crippen molar-refractivity contribution in [1.82, 2.24) is 30.2 Å². The Balaban J connectivity index is 1.62. The number of hydrogen-bond donors (Lipinski definition) is 2. The molecule has 4 aromatic rings. The van der Waals surface area contributed by atoms with E-state index in [1.165, 1.54) is 0 Å². The van der Waals surface area contributed by atoms with Crippen molar-refractivity contribution >= 4 is 22.6 Å². The molecule has 0 amide bonds. The quantitative estimate of drug-likeness (QED) is 0.344. The average molecular weight is 514 g/mol. The van der Waals surface area contributed by atoms with E-state index in [2.05, 4.69) is 90.0 Å². The van der Waals surface area contributed by atoms with Crippen molar-refractivity contribution in [3.8, 4) is 22.5 Å². The van der Waals surface area contributed by atoms with Crippen LogP contribution in [0.25, 0.3) is 22.5 Å². The first-order valence-electron chi connectivity index (χ1n) is 9.98. The van der Waals surface area contributed by atoms with E-state index in [0.29, 0.717) is 12.4 Å². The van der Waals surface area contributed by atoms with Crippen LogP contribution in [0.4, 0.5) is 0 Å². The molecule has 2 aromatic carbocycles. The van der Waals surface area contributed by atoms with E-state index < -0.39 is 0 Å². The molecule has 0 saturated heterocycles. The minimum Gasteiger partial charge on any atom is -0.390 e. The van der Waals surface area contributed by atoms with Gasteiger partial charge in [-0.15, -0.1) is 10.2 Å². The number of aliphatic hydroxyl groups excluding tert-OH is 1. The number of H-pyrrole nitrogens is 1. The number of aryl methyl sites for hydroxylation is 1. The zero-order chi connectivity index (χ0) is 20.9. The topological polar surface area (TPSA) is 92.5 Å². The molecule has 154 valence electrons. The van der Waals surface area contributed by atoms with Crippen LogP contribution in [0.15, 0.2) is 48.5 Å². The van der Waals surface area contributed by atoms with Crippen LogP contribution < -0.4 is 0 Å². The van der Waals surface area contributed by atoms with Crippen molar-refractivity contribution < 1.29 is 5.11 Å². The molecule has 7 nitrogen and oxygen atoms in total. The van der Waals surface area contributed by atoms with Crippen LogP contribution >= 0.6 is 22.6 Å². The van der Waals surface area contributed by atoms with Crippen LogP contribution in [0.3, 0.4) is 0 Å². The molecule has 0 atom stereocenters. The number of aromatic amines is 1. The van der Waals surface area contributed by atoms with Gasteiger partial charge < -0.3 is 9.67 Å². The van der Waals surface area contributed by atoms with Gasteiger partial charge in [0.05, 0.1) is 12.3 Å². The molecule has 0 aliphatic rings. The predicted octanol–water partition coefficient (Wildman–Crippen LogP) is 4.22. The summed E-state index contributed by atoms with van der Waals surface area (Å²) in [6.45, 7) is 2.86. The van der Waals surface area contributed by atoms with E-state index in [-0.39, 0.29) is 6.61 Å². The maximum absolute atomic E-state index is 9.84. The second-order valence-corrected chi connectivity index (χ2v) is 8.11. The number of tetrazole rings is 1. The van der Waals surface area contributed by atoms with Crippen LogP contribution in [0, 0.1) is 3.70 Å². The van der Waals surface area contributed by atoms with Crippen LogP contribution in [-0.4, -0.2) is 35.3 Å². The fourth-order valence-electron chi connectivity index (χ4n) is 3.55. The minimum atomic E-state index is -0.00639. The van der Waals surface area contributed by atoms with Gasteiger partial charge in [-0.3, -0.25) is 0 Å². The highest BCUT2D eigenvalue weighted by atomic mass is 127. The highest BCUT2D eigenvalue weighted by Gasteiger charge is 2.15. The number of aromatic nitrogens is 6. The Morgan fingerprint density at radius 3 is 2.50 bits per heavy atom. The largest absolute Gasteiger partial charge is 0.390 e. The molecule has 0 fully saturated rings. The molecule has 0 radical (unpaired) electrons. The summed E-state index contributed by atoms with van der Waals surface area (Å²) in [6, 6.07) is 16.5. The lowest BCUT2D eigenvalue weighted by atomic mass is 9.98. The molecular weight excluding hydrogens is 491 g/mol. The first kappa shape index (κ1) is 20.7. The second-order valence-electron chi connectivity index (χ2n) is 7.09. The van der Waals surface area contributed by atoms with Gasteiger partial charge in [-0.25, -0.2) is 4.98 Å². The molecular formula is C22H23IN6O. The van der Waals surface area contributed by atoms with E-state index in [1.54, 1.807) is 0 Å². The number of hydrogen-bond acceptors (Lipinski definition) is 5. The van der Waals surface area contributed by atoms with Crippen molar-refractivity contribution in [1.29, 1.82) is 0 Å². The van der Waals surface area contributed by atoms with Gasteiger partial charge in [-0.2, -0.15) is 5.21 Å². The summed E-state index contributed by atoms with van der Waals surface area (Å²) < 4.78 is 3.03. The van der Waals surface area contributed by atoms with Gasteiger partial charge in [0.15, 0.2) is 0 Å². The number of halogens is 1. The Morgan fingerprint density at radius 2 is 1.83 bits per heavy atom. The summed E-state index contributed by atoms with van der Waals surface area (Å²) in [7, 11) is 0. The van der Waals surface area contributed by atoms with Crippen LogP contribution in [-0.2, 0) is 19.6 Å². The molecule has 0 saturated carbocycles. The third kappa shape index (κ3) is 4.29. The summed E-state index contributed by atoms with van der Waals surface area (Å²) in [5, 5.41) is 24.3. The number of rotatable bonds is 8. The normalized spacial score (nSPS) is 11.2. The van der Waals surface area contributed by atoms with Crippen molar-refractivity contribution in [2.75, 3.05) is 0 Å². The number of nitrogens with zero attached hydrogens (tertiary/aromatic N) is 5. The zero-order valence-electron chi connectivity index (χ0n) is 16.7. The van der Waals surface area contributed by atoms with Crippen molar-refractivity contribution in [2.45, 2.75) is 39.3 Å². The monoisotopic (exact) mass is 514 g/mol. The number of imidazole rings is 1. The number of benzene rings is 2. The zero-order valence-corrected chi connectivity index (χ0v) is 18.9. The first-order valence-corrected chi connectivity index (χ1v) is 11.1. The molecule has 2 N–H and O–H groups in total.